The second-order valence-electron chi connectivity index (χ2n) is 3.73. The Morgan fingerprint density at radius 3 is 2.56 bits per heavy atom. The third-order valence-electron chi connectivity index (χ3n) is 2.16. The van der Waals surface area contributed by atoms with E-state index in [9.17, 15) is 8.42 Å². The lowest BCUT2D eigenvalue weighted by molar-refractivity contribution is 0.577. The molecule has 16 heavy (non-hydrogen) atoms. The number of nitrogens with zero attached hydrogens (tertiary/aromatic N) is 1. The highest BCUT2D eigenvalue weighted by Crippen LogP contribution is 2.16. The molecule has 1 atom stereocenters. The number of H-pyrrole nitrogens is 1. The van der Waals surface area contributed by atoms with Crippen LogP contribution in [0, 0.1) is 13.8 Å². The Morgan fingerprint density at radius 1 is 1.50 bits per heavy atom. The van der Waals surface area contributed by atoms with Gasteiger partial charge in [0.05, 0.1) is 11.4 Å². The zero-order valence-electron chi connectivity index (χ0n) is 9.54. The lowest BCUT2D eigenvalue weighted by Gasteiger charge is -2.07. The summed E-state index contributed by atoms with van der Waals surface area (Å²) in [5, 5.41) is 6.46. The first-order chi connectivity index (χ1) is 7.34. The van der Waals surface area contributed by atoms with Crippen LogP contribution in [0.4, 0.5) is 0 Å². The lowest BCUT2D eigenvalue weighted by atomic mass is 10.3. The minimum atomic E-state index is -3.48. The second-order valence-corrected chi connectivity index (χ2v) is 6.18. The van der Waals surface area contributed by atoms with Gasteiger partial charge in [-0.2, -0.15) is 5.10 Å². The predicted octanol–water partition coefficient (Wildman–Crippen LogP) is 1.32. The van der Waals surface area contributed by atoms with Crippen LogP contribution in [0.5, 0.6) is 0 Å². The number of hydrogen-bond acceptors (Lipinski definition) is 3. The van der Waals surface area contributed by atoms with Crippen LogP contribution in [0.3, 0.4) is 0 Å². The van der Waals surface area contributed by atoms with Crippen molar-refractivity contribution in [1.82, 2.24) is 14.9 Å². The highest BCUT2D eigenvalue weighted by molar-refractivity contribution is 7.89. The molecule has 0 aliphatic carbocycles. The van der Waals surface area contributed by atoms with Crippen molar-refractivity contribution in [2.45, 2.75) is 37.5 Å². The molecule has 2 N–H and O–H groups in total. The van der Waals surface area contributed by atoms with E-state index in [-0.39, 0.29) is 10.3 Å². The number of aromatic amines is 1. The van der Waals surface area contributed by atoms with Gasteiger partial charge >= 0.3 is 0 Å². The summed E-state index contributed by atoms with van der Waals surface area (Å²) in [6.45, 7) is 5.49. The van der Waals surface area contributed by atoms with E-state index in [0.717, 1.165) is 0 Å². The molecule has 0 saturated heterocycles. The van der Waals surface area contributed by atoms with E-state index in [1.165, 1.54) is 0 Å². The van der Waals surface area contributed by atoms with Gasteiger partial charge in [-0.25, -0.2) is 13.1 Å². The number of alkyl halides is 1. The summed E-state index contributed by atoms with van der Waals surface area (Å²) in [7, 11) is -3.48. The maximum atomic E-state index is 11.9. The topological polar surface area (TPSA) is 74.8 Å². The fraction of sp³-hybridized carbons (Fsp3) is 0.667. The zero-order chi connectivity index (χ0) is 12.3. The van der Waals surface area contributed by atoms with Gasteiger partial charge in [0.25, 0.3) is 0 Å². The fourth-order valence-corrected chi connectivity index (χ4v) is 2.92. The maximum absolute atomic E-state index is 11.9. The molecular weight excluding hydrogens is 250 g/mol. The van der Waals surface area contributed by atoms with Gasteiger partial charge in [0, 0.05) is 11.9 Å². The van der Waals surface area contributed by atoms with Crippen molar-refractivity contribution >= 4 is 21.6 Å². The number of sulfonamides is 1. The van der Waals surface area contributed by atoms with Gasteiger partial charge in [0.2, 0.25) is 10.0 Å². The number of hydrogen-bond donors (Lipinski definition) is 2. The largest absolute Gasteiger partial charge is 0.281 e. The normalized spacial score (nSPS) is 14.0. The van der Waals surface area contributed by atoms with Crippen molar-refractivity contribution < 1.29 is 8.42 Å². The van der Waals surface area contributed by atoms with Gasteiger partial charge in [-0.3, -0.25) is 5.10 Å². The van der Waals surface area contributed by atoms with E-state index >= 15 is 0 Å². The first-order valence-electron chi connectivity index (χ1n) is 5.00. The van der Waals surface area contributed by atoms with Crippen LogP contribution < -0.4 is 4.72 Å². The van der Waals surface area contributed by atoms with E-state index in [0.29, 0.717) is 24.4 Å². The van der Waals surface area contributed by atoms with Gasteiger partial charge < -0.3 is 0 Å². The standard InChI is InChI=1S/C9H16ClN3O2S/c1-6(10)4-5-11-16(14,15)9-7(2)12-13-8(9)3/h6,11H,4-5H2,1-3H3,(H,12,13). The van der Waals surface area contributed by atoms with Crippen LogP contribution in [-0.4, -0.2) is 30.5 Å². The molecule has 0 amide bonds. The zero-order valence-corrected chi connectivity index (χ0v) is 11.1. The highest BCUT2D eigenvalue weighted by Gasteiger charge is 2.21. The van der Waals surface area contributed by atoms with E-state index in [4.69, 9.17) is 11.6 Å². The van der Waals surface area contributed by atoms with Crippen molar-refractivity contribution in [3.63, 3.8) is 0 Å². The van der Waals surface area contributed by atoms with Gasteiger partial charge in [0.1, 0.15) is 4.90 Å². The summed E-state index contributed by atoms with van der Waals surface area (Å²) in [6, 6.07) is 0. The Labute approximate surface area is 101 Å². The van der Waals surface area contributed by atoms with Crippen LogP contribution in [0.1, 0.15) is 24.7 Å². The molecule has 7 heteroatoms. The van der Waals surface area contributed by atoms with E-state index < -0.39 is 10.0 Å². The quantitative estimate of drug-likeness (QED) is 0.789. The van der Waals surface area contributed by atoms with Crippen molar-refractivity contribution in [3.05, 3.63) is 11.4 Å². The smallest absolute Gasteiger partial charge is 0.244 e. The van der Waals surface area contributed by atoms with Gasteiger partial charge in [-0.1, -0.05) is 0 Å². The molecule has 1 aromatic heterocycles. The summed E-state index contributed by atoms with van der Waals surface area (Å²) < 4.78 is 26.3. The van der Waals surface area contributed by atoms with Gasteiger partial charge in [0.15, 0.2) is 0 Å². The van der Waals surface area contributed by atoms with Gasteiger partial charge in [-0.05, 0) is 27.2 Å². The molecule has 1 heterocycles. The Balaban J connectivity index is 2.79. The summed E-state index contributed by atoms with van der Waals surface area (Å²) in [4.78, 5) is 0.231. The summed E-state index contributed by atoms with van der Waals surface area (Å²) in [5.74, 6) is 0. The average Bonchev–Trinajstić information content (AvgIpc) is 2.45. The summed E-state index contributed by atoms with van der Waals surface area (Å²) in [5.41, 5.74) is 1.02. The minimum Gasteiger partial charge on any atom is -0.281 e. The third-order valence-corrected chi connectivity index (χ3v) is 4.10. The Kier molecular flexibility index (Phi) is 4.35. The van der Waals surface area contributed by atoms with Crippen LogP contribution in [0.2, 0.25) is 0 Å². The highest BCUT2D eigenvalue weighted by atomic mass is 35.5. The van der Waals surface area contributed by atoms with Crippen LogP contribution in [0.25, 0.3) is 0 Å². The summed E-state index contributed by atoms with van der Waals surface area (Å²) >= 11 is 5.74. The molecule has 0 aliphatic rings. The Morgan fingerprint density at radius 2 is 2.12 bits per heavy atom. The van der Waals surface area contributed by atoms with Crippen molar-refractivity contribution in [2.75, 3.05) is 6.54 Å². The number of rotatable bonds is 5. The first kappa shape index (κ1) is 13.5. The molecule has 1 rings (SSSR count). The van der Waals surface area contributed by atoms with Crippen LogP contribution in [0.15, 0.2) is 4.90 Å². The van der Waals surface area contributed by atoms with Gasteiger partial charge in [-0.15, -0.1) is 11.6 Å². The molecule has 1 unspecified atom stereocenters. The molecule has 92 valence electrons. The Hall–Kier alpha value is -0.590. The Bertz CT molecular complexity index is 434. The molecule has 5 nitrogen and oxygen atoms in total. The molecule has 1 aromatic rings. The number of aromatic nitrogens is 2. The fourth-order valence-electron chi connectivity index (χ4n) is 1.40. The summed E-state index contributed by atoms with van der Waals surface area (Å²) in [6.07, 6.45) is 0.594. The monoisotopic (exact) mass is 265 g/mol. The second kappa shape index (κ2) is 5.16. The number of aryl methyl sites for hydroxylation is 2. The number of nitrogens with one attached hydrogen (secondary N) is 2. The molecule has 0 bridgehead atoms. The minimum absolute atomic E-state index is 0.0470. The number of halogens is 1. The lowest BCUT2D eigenvalue weighted by Crippen LogP contribution is -2.26. The molecule has 0 radical (unpaired) electrons. The third kappa shape index (κ3) is 3.20. The average molecular weight is 266 g/mol. The maximum Gasteiger partial charge on any atom is 0.244 e. The predicted molar refractivity (Wildman–Crippen MR) is 63.2 cm³/mol. The molecule has 0 spiro atoms. The molecule has 0 saturated carbocycles. The van der Waals surface area contributed by atoms with Crippen LogP contribution in [-0.2, 0) is 10.0 Å². The van der Waals surface area contributed by atoms with E-state index in [1.54, 1.807) is 13.8 Å². The first-order valence-corrected chi connectivity index (χ1v) is 6.92. The van der Waals surface area contributed by atoms with Crippen molar-refractivity contribution in [3.8, 4) is 0 Å². The van der Waals surface area contributed by atoms with E-state index in [1.807, 2.05) is 6.92 Å². The SMILES string of the molecule is Cc1n[nH]c(C)c1S(=O)(=O)NCCC(C)Cl. The van der Waals surface area contributed by atoms with Crippen molar-refractivity contribution in [2.24, 2.45) is 0 Å². The molecule has 0 fully saturated rings. The molecule has 0 aliphatic heterocycles. The molecule has 0 aromatic carbocycles. The van der Waals surface area contributed by atoms with E-state index in [2.05, 4.69) is 14.9 Å². The van der Waals surface area contributed by atoms with Crippen molar-refractivity contribution in [1.29, 1.82) is 0 Å². The van der Waals surface area contributed by atoms with Crippen LogP contribution >= 0.6 is 11.6 Å². The molecular formula is C9H16ClN3O2S.